The van der Waals surface area contributed by atoms with E-state index in [-0.39, 0.29) is 18.3 Å². The predicted molar refractivity (Wildman–Crippen MR) is 478 cm³/mol. The van der Waals surface area contributed by atoms with Crippen LogP contribution in [0.2, 0.25) is 0 Å². The van der Waals surface area contributed by atoms with Crippen molar-refractivity contribution < 1.29 is 42.8 Å². The maximum absolute atomic E-state index is 11.6. The molecule has 13 aromatic rings. The number of hydrogen-bond donors (Lipinski definition) is 0. The van der Waals surface area contributed by atoms with E-state index in [1.54, 1.807) is 27.7 Å². The molecular weight excluding hydrogens is 1450 g/mol. The molecule has 0 saturated heterocycles. The molecule has 0 bridgehead atoms. The first kappa shape index (κ1) is 84.2. The summed E-state index contributed by atoms with van der Waals surface area (Å²) in [5, 5.41) is 0. The van der Waals surface area contributed by atoms with Crippen LogP contribution in [0, 0.1) is 13.8 Å². The van der Waals surface area contributed by atoms with Crippen molar-refractivity contribution in [2.45, 2.75) is 98.4 Å². The molecule has 12 heteroatoms. The van der Waals surface area contributed by atoms with Crippen molar-refractivity contribution in [3.8, 4) is 28.4 Å². The van der Waals surface area contributed by atoms with Gasteiger partial charge in [-0.25, -0.2) is 14.4 Å². The third kappa shape index (κ3) is 26.2. The smallest absolute Gasteiger partial charge is 0.333 e. The normalized spacial score (nSPS) is 11.4. The first-order valence-electron chi connectivity index (χ1n) is 39.8. The molecule has 3 atom stereocenters. The topological polar surface area (TPSA) is 116 Å². The SMILES string of the molecule is C=C(C)C(=O)OC(C)COc1ccc(CCc2ccc(N(c3ccccc3)c3ccccc3)cc2)cc1.C=CC(=O)OC(C)COc1ccc(CCc2ccc(N(c3ccc(C)cc3)c3ccc(-c4ccc(C)cc4)cc3)cc2)cc1.C=CC(=O)OC(C)COc1ccc(CCc2ccc(N(c3ccccc3)c3ccccc3)cc2)cc1. The minimum atomic E-state index is -0.445. The number of nitrogens with zero attached hydrogens (tertiary/aromatic N) is 3. The van der Waals surface area contributed by atoms with E-state index in [9.17, 15) is 14.4 Å². The fourth-order valence-electron chi connectivity index (χ4n) is 13.0. The number of carbonyl (C=O) groups excluding carboxylic acids is 3. The number of anilines is 9. The lowest BCUT2D eigenvalue weighted by Gasteiger charge is -2.26. The van der Waals surface area contributed by atoms with Crippen LogP contribution in [-0.2, 0) is 67.1 Å². The van der Waals surface area contributed by atoms with Gasteiger partial charge in [-0.05, 0) is 270 Å². The van der Waals surface area contributed by atoms with Gasteiger partial charge in [-0.2, -0.15) is 0 Å². The largest absolute Gasteiger partial charge is 0.490 e. The Balaban J connectivity index is 0.000000173. The number of ether oxygens (including phenoxy) is 6. The lowest BCUT2D eigenvalue weighted by atomic mass is 10.0. The Morgan fingerprint density at radius 2 is 0.496 bits per heavy atom. The van der Waals surface area contributed by atoms with Crippen LogP contribution in [0.15, 0.2) is 377 Å². The fourth-order valence-corrected chi connectivity index (χ4v) is 13.0. The fraction of sp³-hybridized carbons (Fsp3) is 0.171. The van der Waals surface area contributed by atoms with Crippen molar-refractivity contribution in [1.82, 2.24) is 0 Å². The molecule has 0 N–H and O–H groups in total. The predicted octanol–water partition coefficient (Wildman–Crippen LogP) is 25.0. The summed E-state index contributed by atoms with van der Waals surface area (Å²) in [4.78, 5) is 41.0. The van der Waals surface area contributed by atoms with Gasteiger partial charge < -0.3 is 43.1 Å². The molecule has 592 valence electrons. The number of benzene rings is 13. The van der Waals surface area contributed by atoms with Gasteiger partial charge in [0.1, 0.15) is 55.4 Å². The number of rotatable bonds is 34. The summed E-state index contributed by atoms with van der Waals surface area (Å²) < 4.78 is 32.8. The Bertz CT molecular complexity index is 5150. The highest BCUT2D eigenvalue weighted by molar-refractivity contribution is 5.87. The molecule has 0 aliphatic heterocycles. The molecule has 3 unspecified atom stereocenters. The Morgan fingerprint density at radius 3 is 0.744 bits per heavy atom. The summed E-state index contributed by atoms with van der Waals surface area (Å²) in [6.07, 6.45) is 6.93. The minimum absolute atomic E-state index is 0.293. The molecule has 0 amide bonds. The van der Waals surface area contributed by atoms with Crippen LogP contribution in [-0.4, -0.2) is 56.0 Å². The molecule has 12 nitrogen and oxygen atoms in total. The highest BCUT2D eigenvalue weighted by atomic mass is 16.6. The van der Waals surface area contributed by atoms with Crippen LogP contribution >= 0.6 is 0 Å². The van der Waals surface area contributed by atoms with Gasteiger partial charge in [0, 0.05) is 68.9 Å². The summed E-state index contributed by atoms with van der Waals surface area (Å²) in [6, 6.07) is 119. The van der Waals surface area contributed by atoms with Crippen molar-refractivity contribution in [2.75, 3.05) is 34.5 Å². The second-order valence-electron chi connectivity index (χ2n) is 28.9. The molecule has 0 aliphatic carbocycles. The van der Waals surface area contributed by atoms with E-state index in [4.69, 9.17) is 28.4 Å². The third-order valence-corrected chi connectivity index (χ3v) is 19.4. The van der Waals surface area contributed by atoms with Gasteiger partial charge in [-0.1, -0.05) is 225 Å². The van der Waals surface area contributed by atoms with E-state index in [1.807, 2.05) is 60.7 Å². The Kier molecular flexibility index (Phi) is 31.3. The van der Waals surface area contributed by atoms with Crippen LogP contribution in [0.25, 0.3) is 11.1 Å². The number of carbonyl (C=O) groups is 3. The monoisotopic (exact) mass is 1550 g/mol. The molecule has 0 radical (unpaired) electrons. The Hall–Kier alpha value is -13.7. The standard InChI is InChI=1S/C40H39NO3.C33H33NO3.C32H31NO3/c1-5-40(42)44-31(4)28-43-39-26-14-33(15-27-39)11-10-32-12-22-37(23-13-32)41(36-20-8-30(3)9-21-36)38-24-18-35(19-25-38)34-16-6-29(2)7-17-34;1-25(2)33(35)37-26(3)24-36-32-22-18-28(19-23-32)15-14-27-16-20-31(21-17-27)34(29-10-6-4-7-11-29)30-12-8-5-9-13-30;1-3-32(34)36-25(2)24-35-31-22-18-27(19-23-31)15-14-26-16-20-30(21-17-26)33(28-10-6-4-7-11-28)29-12-8-5-9-13-29/h5-9,12-27,31H,1,10-11,28H2,2-4H3;4-13,16-23,26H,1,14-15,24H2,2-3H3;3-13,16-23,25H,1,14-15,24H2,2H3. The summed E-state index contributed by atoms with van der Waals surface area (Å²) in [6.45, 7) is 22.6. The van der Waals surface area contributed by atoms with Crippen LogP contribution < -0.4 is 28.9 Å². The summed E-state index contributed by atoms with van der Waals surface area (Å²) in [7, 11) is 0. The van der Waals surface area contributed by atoms with Gasteiger partial charge in [0.2, 0.25) is 0 Å². The number of aryl methyl sites for hydroxylation is 8. The Morgan fingerprint density at radius 1 is 0.291 bits per heavy atom. The minimum Gasteiger partial charge on any atom is -0.490 e. The molecule has 0 aliphatic rings. The Labute approximate surface area is 690 Å². The summed E-state index contributed by atoms with van der Waals surface area (Å²) in [5.74, 6) is 0.983. The summed E-state index contributed by atoms with van der Waals surface area (Å²) >= 11 is 0. The zero-order chi connectivity index (χ0) is 82.1. The van der Waals surface area contributed by atoms with E-state index in [1.165, 1.54) is 55.6 Å². The van der Waals surface area contributed by atoms with Gasteiger partial charge >= 0.3 is 17.9 Å². The van der Waals surface area contributed by atoms with E-state index >= 15 is 0 Å². The van der Waals surface area contributed by atoms with Gasteiger partial charge in [0.05, 0.1) is 0 Å². The van der Waals surface area contributed by atoms with Crippen molar-refractivity contribution >= 4 is 69.1 Å². The molecule has 0 fully saturated rings. The number of hydrogen-bond acceptors (Lipinski definition) is 12. The van der Waals surface area contributed by atoms with Crippen LogP contribution in [0.4, 0.5) is 51.2 Å². The molecule has 0 aromatic heterocycles. The lowest BCUT2D eigenvalue weighted by molar-refractivity contribution is -0.145. The second-order valence-corrected chi connectivity index (χ2v) is 28.9. The zero-order valence-electron chi connectivity index (χ0n) is 67.7. The number of esters is 3. The van der Waals surface area contributed by atoms with Crippen molar-refractivity contribution in [3.63, 3.8) is 0 Å². The van der Waals surface area contributed by atoms with Crippen molar-refractivity contribution in [2.24, 2.45) is 0 Å². The zero-order valence-corrected chi connectivity index (χ0v) is 67.7. The van der Waals surface area contributed by atoms with E-state index in [2.05, 4.69) is 327 Å². The van der Waals surface area contributed by atoms with Gasteiger partial charge in [0.15, 0.2) is 0 Å². The lowest BCUT2D eigenvalue weighted by Crippen LogP contribution is -2.22. The first-order chi connectivity index (χ1) is 57.0. The molecule has 0 heterocycles. The highest BCUT2D eigenvalue weighted by Crippen LogP contribution is 2.39. The van der Waals surface area contributed by atoms with Gasteiger partial charge in [0.25, 0.3) is 0 Å². The molecular formula is C105H103N3O9. The maximum Gasteiger partial charge on any atom is 0.333 e. The first-order valence-corrected chi connectivity index (χ1v) is 39.8. The molecule has 13 rings (SSSR count). The van der Waals surface area contributed by atoms with Crippen LogP contribution in [0.3, 0.4) is 0 Å². The van der Waals surface area contributed by atoms with Crippen LogP contribution in [0.5, 0.6) is 17.2 Å². The average molecular weight is 1550 g/mol. The molecule has 13 aromatic carbocycles. The van der Waals surface area contributed by atoms with E-state index in [0.29, 0.717) is 25.4 Å². The number of para-hydroxylation sites is 4. The quantitative estimate of drug-likeness (QED) is 0.0217. The molecule has 0 saturated carbocycles. The molecule has 117 heavy (non-hydrogen) atoms. The summed E-state index contributed by atoms with van der Waals surface area (Å²) in [5.41, 5.74) is 23.1. The van der Waals surface area contributed by atoms with E-state index < -0.39 is 17.9 Å². The third-order valence-electron chi connectivity index (χ3n) is 19.4. The highest BCUT2D eigenvalue weighted by Gasteiger charge is 2.18. The van der Waals surface area contributed by atoms with E-state index in [0.717, 1.165) is 119 Å². The molecule has 0 spiro atoms. The van der Waals surface area contributed by atoms with Gasteiger partial charge in [-0.3, -0.25) is 0 Å². The second kappa shape index (κ2) is 43.5. The van der Waals surface area contributed by atoms with Gasteiger partial charge in [-0.15, -0.1) is 0 Å². The van der Waals surface area contributed by atoms with Crippen molar-refractivity contribution in [1.29, 1.82) is 0 Å². The average Bonchev–Trinajstić information content (AvgIpc) is 0.809. The van der Waals surface area contributed by atoms with Crippen LogP contribution in [0.1, 0.15) is 72.2 Å². The van der Waals surface area contributed by atoms with Crippen molar-refractivity contribution in [3.05, 3.63) is 422 Å². The maximum atomic E-state index is 11.6.